The van der Waals surface area contributed by atoms with Crippen molar-refractivity contribution >= 4 is 12.1 Å². The zero-order chi connectivity index (χ0) is 12.7. The lowest BCUT2D eigenvalue weighted by Gasteiger charge is -2.51. The highest BCUT2D eigenvalue weighted by atomic mass is 16.6. The van der Waals surface area contributed by atoms with Gasteiger partial charge >= 0.3 is 12.1 Å². The van der Waals surface area contributed by atoms with E-state index in [-0.39, 0.29) is 36.2 Å². The van der Waals surface area contributed by atoms with Gasteiger partial charge in [-0.2, -0.15) is 0 Å². The monoisotopic (exact) mass is 255 g/mol. The lowest BCUT2D eigenvalue weighted by atomic mass is 9.82. The molecule has 3 aliphatic rings. The Bertz CT molecular complexity index is 351. The van der Waals surface area contributed by atoms with Crippen LogP contribution in [0.4, 0.5) is 4.79 Å². The molecule has 0 radical (unpaired) electrons. The van der Waals surface area contributed by atoms with Gasteiger partial charge in [-0.1, -0.05) is 0 Å². The second-order valence-corrected chi connectivity index (χ2v) is 5.19. The van der Waals surface area contributed by atoms with Gasteiger partial charge in [0.15, 0.2) is 0 Å². The van der Waals surface area contributed by atoms with Gasteiger partial charge in [-0.15, -0.1) is 0 Å². The predicted molar refractivity (Wildman–Crippen MR) is 59.9 cm³/mol. The van der Waals surface area contributed by atoms with Crippen molar-refractivity contribution in [2.24, 2.45) is 5.92 Å². The Kier molecular flexibility index (Phi) is 2.89. The number of esters is 1. The molecule has 3 rings (SSSR count). The normalized spacial score (nSPS) is 37.3. The fourth-order valence-corrected chi connectivity index (χ4v) is 2.86. The maximum Gasteiger partial charge on any atom is 0.410 e. The molecule has 6 nitrogen and oxygen atoms in total. The van der Waals surface area contributed by atoms with Crippen LogP contribution >= 0.6 is 0 Å². The van der Waals surface area contributed by atoms with Crippen LogP contribution in [0.1, 0.15) is 19.3 Å². The highest BCUT2D eigenvalue weighted by molar-refractivity contribution is 5.74. The smallest absolute Gasteiger partial charge is 0.410 e. The Morgan fingerprint density at radius 1 is 1.17 bits per heavy atom. The van der Waals surface area contributed by atoms with Crippen molar-refractivity contribution in [1.29, 1.82) is 0 Å². The van der Waals surface area contributed by atoms with Crippen LogP contribution in [0.2, 0.25) is 0 Å². The largest absolute Gasteiger partial charge is 0.469 e. The quantitative estimate of drug-likeness (QED) is 0.674. The number of morpholine rings is 1. The highest BCUT2D eigenvalue weighted by Crippen LogP contribution is 2.35. The molecule has 0 aromatic carbocycles. The van der Waals surface area contributed by atoms with Gasteiger partial charge in [-0.25, -0.2) is 4.79 Å². The number of amides is 1. The topological polar surface area (TPSA) is 65.1 Å². The SMILES string of the molecule is COC(=O)C1CC(OC(=O)N2C3COC[C@@H]2C3)C1. The number of methoxy groups -OCH3 is 1. The number of carbonyl (C=O) groups excluding carboxylic acids is 2. The van der Waals surface area contributed by atoms with E-state index in [0.29, 0.717) is 26.1 Å². The van der Waals surface area contributed by atoms with Crippen LogP contribution in [0.5, 0.6) is 0 Å². The summed E-state index contributed by atoms with van der Waals surface area (Å²) in [5.41, 5.74) is 0. The van der Waals surface area contributed by atoms with E-state index in [0.717, 1.165) is 6.42 Å². The summed E-state index contributed by atoms with van der Waals surface area (Å²) in [5, 5.41) is 0. The molecule has 2 heterocycles. The number of fused-ring (bicyclic) bond motifs is 2. The predicted octanol–water partition coefficient (Wildman–Crippen LogP) is 0.548. The number of ether oxygens (including phenoxy) is 3. The number of hydrogen-bond acceptors (Lipinski definition) is 5. The van der Waals surface area contributed by atoms with E-state index < -0.39 is 0 Å². The summed E-state index contributed by atoms with van der Waals surface area (Å²) in [4.78, 5) is 24.9. The molecule has 0 spiro atoms. The van der Waals surface area contributed by atoms with Crippen LogP contribution in [0.3, 0.4) is 0 Å². The molecular formula is C12H17NO5. The third-order valence-corrected chi connectivity index (χ3v) is 4.06. The van der Waals surface area contributed by atoms with Crippen molar-refractivity contribution in [2.45, 2.75) is 37.5 Å². The first-order valence-corrected chi connectivity index (χ1v) is 6.33. The Hall–Kier alpha value is -1.30. The minimum Gasteiger partial charge on any atom is -0.469 e. The molecule has 2 bridgehead atoms. The summed E-state index contributed by atoms with van der Waals surface area (Å²) in [7, 11) is 1.38. The lowest BCUT2D eigenvalue weighted by molar-refractivity contribution is -0.155. The second kappa shape index (κ2) is 4.42. The Balaban J connectivity index is 1.45. The molecule has 2 atom stereocenters. The van der Waals surface area contributed by atoms with E-state index in [1.807, 2.05) is 0 Å². The summed E-state index contributed by atoms with van der Waals surface area (Å²) in [6, 6.07) is 0.375. The number of carbonyl (C=O) groups is 2. The van der Waals surface area contributed by atoms with E-state index in [4.69, 9.17) is 9.47 Å². The summed E-state index contributed by atoms with van der Waals surface area (Å²) >= 11 is 0. The Labute approximate surface area is 105 Å². The van der Waals surface area contributed by atoms with Gasteiger partial charge in [0.2, 0.25) is 0 Å². The first kappa shape index (κ1) is 11.8. The summed E-state index contributed by atoms with van der Waals surface area (Å²) < 4.78 is 15.3. The molecule has 1 saturated carbocycles. The molecule has 1 amide bonds. The van der Waals surface area contributed by atoms with Crippen molar-refractivity contribution in [3.8, 4) is 0 Å². The third-order valence-electron chi connectivity index (χ3n) is 4.06. The van der Waals surface area contributed by atoms with Crippen molar-refractivity contribution < 1.29 is 23.8 Å². The maximum atomic E-state index is 11.9. The lowest BCUT2D eigenvalue weighted by Crippen LogP contribution is -2.66. The van der Waals surface area contributed by atoms with Crippen LogP contribution in [-0.4, -0.2) is 55.5 Å². The first-order chi connectivity index (χ1) is 8.69. The molecule has 2 saturated heterocycles. The molecule has 6 heteroatoms. The van der Waals surface area contributed by atoms with E-state index in [9.17, 15) is 9.59 Å². The van der Waals surface area contributed by atoms with Crippen LogP contribution in [0.25, 0.3) is 0 Å². The van der Waals surface area contributed by atoms with Crippen LogP contribution in [0, 0.1) is 5.92 Å². The minimum atomic E-state index is -0.257. The van der Waals surface area contributed by atoms with E-state index in [1.54, 1.807) is 4.90 Å². The molecule has 2 aliphatic heterocycles. The van der Waals surface area contributed by atoms with Crippen LogP contribution in [0.15, 0.2) is 0 Å². The third kappa shape index (κ3) is 1.84. The average Bonchev–Trinajstić information content (AvgIpc) is 2.33. The molecule has 0 aromatic heterocycles. The van der Waals surface area contributed by atoms with Gasteiger partial charge in [0, 0.05) is 0 Å². The molecular weight excluding hydrogens is 238 g/mol. The van der Waals surface area contributed by atoms with E-state index >= 15 is 0 Å². The van der Waals surface area contributed by atoms with Gasteiger partial charge < -0.3 is 14.2 Å². The minimum absolute atomic E-state index is 0.105. The number of rotatable bonds is 2. The summed E-state index contributed by atoms with van der Waals surface area (Å²) in [6.45, 7) is 1.22. The standard InChI is InChI=1S/C12H17NO5/c1-16-11(14)7-2-10(3-7)18-12(15)13-8-4-9(13)6-17-5-8/h7-10H,2-6H2,1H3/t7?,8-,9?,10?/m0/s1. The fourth-order valence-electron chi connectivity index (χ4n) is 2.86. The summed E-state index contributed by atoms with van der Waals surface area (Å²) in [6.07, 6.45) is 1.79. The highest BCUT2D eigenvalue weighted by Gasteiger charge is 2.47. The van der Waals surface area contributed by atoms with Gasteiger partial charge in [0.25, 0.3) is 0 Å². The number of hydrogen-bond donors (Lipinski definition) is 0. The molecule has 100 valence electrons. The first-order valence-electron chi connectivity index (χ1n) is 6.33. The van der Waals surface area contributed by atoms with Crippen molar-refractivity contribution in [2.75, 3.05) is 20.3 Å². The second-order valence-electron chi connectivity index (χ2n) is 5.19. The van der Waals surface area contributed by atoms with Crippen molar-refractivity contribution in [3.63, 3.8) is 0 Å². The molecule has 1 unspecified atom stereocenters. The summed E-state index contributed by atoms with van der Waals surface area (Å²) in [5.74, 6) is -0.316. The zero-order valence-electron chi connectivity index (χ0n) is 10.3. The average molecular weight is 255 g/mol. The van der Waals surface area contributed by atoms with Gasteiger partial charge in [-0.3, -0.25) is 9.69 Å². The molecule has 1 aliphatic carbocycles. The van der Waals surface area contributed by atoms with Gasteiger partial charge in [0.05, 0.1) is 38.3 Å². The fraction of sp³-hybridized carbons (Fsp3) is 0.833. The number of nitrogens with zero attached hydrogens (tertiary/aromatic N) is 1. The molecule has 0 N–H and O–H groups in total. The van der Waals surface area contributed by atoms with E-state index in [2.05, 4.69) is 4.74 Å². The van der Waals surface area contributed by atoms with Crippen LogP contribution in [-0.2, 0) is 19.0 Å². The Morgan fingerprint density at radius 2 is 1.83 bits per heavy atom. The van der Waals surface area contributed by atoms with Crippen LogP contribution < -0.4 is 0 Å². The molecule has 3 fully saturated rings. The van der Waals surface area contributed by atoms with Crippen molar-refractivity contribution in [3.05, 3.63) is 0 Å². The van der Waals surface area contributed by atoms with Gasteiger partial charge in [0.1, 0.15) is 6.10 Å². The Morgan fingerprint density at radius 3 is 2.39 bits per heavy atom. The van der Waals surface area contributed by atoms with E-state index in [1.165, 1.54) is 7.11 Å². The van der Waals surface area contributed by atoms with Gasteiger partial charge in [-0.05, 0) is 19.3 Å². The molecule has 0 aromatic rings. The molecule has 18 heavy (non-hydrogen) atoms. The zero-order valence-corrected chi connectivity index (χ0v) is 10.3. The van der Waals surface area contributed by atoms with Crippen molar-refractivity contribution in [1.82, 2.24) is 4.90 Å². The maximum absolute atomic E-state index is 11.9.